The van der Waals surface area contributed by atoms with Crippen LogP contribution in [-0.2, 0) is 0 Å². The van der Waals surface area contributed by atoms with Gasteiger partial charge in [0.1, 0.15) is 0 Å². The van der Waals surface area contributed by atoms with E-state index in [-0.39, 0.29) is 24.0 Å². The Balaban J connectivity index is 0.00000128. The highest BCUT2D eigenvalue weighted by Crippen LogP contribution is 2.21. The average molecular weight is 253 g/mol. The molecule has 0 saturated carbocycles. The van der Waals surface area contributed by atoms with Crippen LogP contribution in [-0.4, -0.2) is 19.6 Å². The van der Waals surface area contributed by atoms with E-state index in [1.807, 2.05) is 0 Å². The summed E-state index contributed by atoms with van der Waals surface area (Å²) in [7, 11) is 0. The molecule has 2 N–H and O–H groups in total. The van der Waals surface area contributed by atoms with Crippen LogP contribution >= 0.6 is 12.4 Å². The summed E-state index contributed by atoms with van der Waals surface area (Å²) in [6, 6.07) is 1.93. The van der Waals surface area contributed by atoms with Gasteiger partial charge in [0.25, 0.3) is 0 Å². The molecular weight excluding hydrogens is 241 g/mol. The van der Waals surface area contributed by atoms with Crippen LogP contribution in [0.1, 0.15) is 11.6 Å². The zero-order valence-corrected chi connectivity index (χ0v) is 9.21. The summed E-state index contributed by atoms with van der Waals surface area (Å²) in [6.45, 7) is 1.99. The van der Waals surface area contributed by atoms with Crippen LogP contribution in [0.4, 0.5) is 13.2 Å². The van der Waals surface area contributed by atoms with Crippen molar-refractivity contribution < 1.29 is 13.2 Å². The predicted molar refractivity (Wildman–Crippen MR) is 57.2 cm³/mol. The van der Waals surface area contributed by atoms with E-state index < -0.39 is 17.5 Å². The third-order valence-corrected chi connectivity index (χ3v) is 2.48. The van der Waals surface area contributed by atoms with E-state index in [2.05, 4.69) is 10.6 Å². The summed E-state index contributed by atoms with van der Waals surface area (Å²) in [5, 5.41) is 6.08. The molecule has 2 rings (SSSR count). The van der Waals surface area contributed by atoms with Gasteiger partial charge in [0, 0.05) is 31.2 Å². The Morgan fingerprint density at radius 2 is 1.81 bits per heavy atom. The number of hydrogen-bond acceptors (Lipinski definition) is 2. The lowest BCUT2D eigenvalue weighted by Gasteiger charge is -2.25. The molecule has 2 nitrogen and oxygen atoms in total. The predicted octanol–water partition coefficient (Wildman–Crippen LogP) is 1.76. The number of hydrogen-bond donors (Lipinski definition) is 2. The molecule has 0 amide bonds. The van der Waals surface area contributed by atoms with Crippen LogP contribution in [0.15, 0.2) is 12.1 Å². The second kappa shape index (κ2) is 5.52. The van der Waals surface area contributed by atoms with Gasteiger partial charge in [-0.3, -0.25) is 0 Å². The average Bonchev–Trinajstić information content (AvgIpc) is 2.27. The molecule has 1 aliphatic heterocycles. The van der Waals surface area contributed by atoms with Crippen molar-refractivity contribution in [1.82, 2.24) is 10.6 Å². The number of benzene rings is 1. The standard InChI is InChI=1S/C10H11F3N2.ClH/c11-7-2-1-6(9(12)10(7)13)8-5-14-3-4-15-8;/h1-2,8,14-15H,3-5H2;1H/t8-;/m0./s1. The van der Waals surface area contributed by atoms with E-state index >= 15 is 0 Å². The first-order valence-corrected chi connectivity index (χ1v) is 4.77. The van der Waals surface area contributed by atoms with Gasteiger partial charge in [-0.1, -0.05) is 6.07 Å². The van der Waals surface area contributed by atoms with Crippen molar-refractivity contribution in [1.29, 1.82) is 0 Å². The lowest BCUT2D eigenvalue weighted by Crippen LogP contribution is -2.43. The molecule has 1 aliphatic rings. The Bertz CT molecular complexity index is 367. The Labute approximate surface area is 97.6 Å². The highest BCUT2D eigenvalue weighted by molar-refractivity contribution is 5.85. The van der Waals surface area contributed by atoms with E-state index in [0.717, 1.165) is 12.6 Å². The molecule has 1 heterocycles. The highest BCUT2D eigenvalue weighted by atomic mass is 35.5. The van der Waals surface area contributed by atoms with Gasteiger partial charge < -0.3 is 10.6 Å². The molecule has 1 aromatic rings. The quantitative estimate of drug-likeness (QED) is 0.745. The summed E-state index contributed by atoms with van der Waals surface area (Å²) < 4.78 is 39.0. The molecule has 0 bridgehead atoms. The first kappa shape index (κ1) is 13.3. The molecule has 0 aliphatic carbocycles. The minimum Gasteiger partial charge on any atom is -0.314 e. The van der Waals surface area contributed by atoms with Gasteiger partial charge >= 0.3 is 0 Å². The van der Waals surface area contributed by atoms with Crippen molar-refractivity contribution in [2.45, 2.75) is 6.04 Å². The van der Waals surface area contributed by atoms with Crippen LogP contribution in [0.2, 0.25) is 0 Å². The van der Waals surface area contributed by atoms with E-state index in [0.29, 0.717) is 13.1 Å². The van der Waals surface area contributed by atoms with Crippen LogP contribution < -0.4 is 10.6 Å². The van der Waals surface area contributed by atoms with Crippen LogP contribution in [0.25, 0.3) is 0 Å². The molecule has 6 heteroatoms. The first-order chi connectivity index (χ1) is 7.20. The van der Waals surface area contributed by atoms with Crippen LogP contribution in [0, 0.1) is 17.5 Å². The van der Waals surface area contributed by atoms with Crippen LogP contribution in [0.5, 0.6) is 0 Å². The molecule has 90 valence electrons. The van der Waals surface area contributed by atoms with E-state index in [9.17, 15) is 13.2 Å². The molecule has 16 heavy (non-hydrogen) atoms. The SMILES string of the molecule is Cl.Fc1ccc([C@@H]2CNCCN2)c(F)c1F. The topological polar surface area (TPSA) is 24.1 Å². The van der Waals surface area contributed by atoms with E-state index in [1.54, 1.807) is 0 Å². The number of piperazine rings is 1. The highest BCUT2D eigenvalue weighted by Gasteiger charge is 2.21. The minimum atomic E-state index is -1.40. The van der Waals surface area contributed by atoms with Crippen LogP contribution in [0.3, 0.4) is 0 Å². The Hall–Kier alpha value is -0.780. The second-order valence-corrected chi connectivity index (χ2v) is 3.48. The lowest BCUT2D eigenvalue weighted by atomic mass is 10.0. The summed E-state index contributed by atoms with van der Waals surface area (Å²) >= 11 is 0. The molecule has 1 saturated heterocycles. The van der Waals surface area contributed by atoms with Crippen molar-refractivity contribution in [3.8, 4) is 0 Å². The largest absolute Gasteiger partial charge is 0.314 e. The molecule has 1 atom stereocenters. The summed E-state index contributed by atoms with van der Waals surface area (Å²) in [6.07, 6.45) is 0. The molecule has 0 aromatic heterocycles. The molecular formula is C10H12ClF3N2. The molecule has 1 fully saturated rings. The summed E-state index contributed by atoms with van der Waals surface area (Å²) in [5.41, 5.74) is 0.168. The van der Waals surface area contributed by atoms with Gasteiger partial charge in [0.2, 0.25) is 0 Å². The van der Waals surface area contributed by atoms with Gasteiger partial charge in [0.05, 0.1) is 0 Å². The Morgan fingerprint density at radius 1 is 1.06 bits per heavy atom. The fourth-order valence-electron chi connectivity index (χ4n) is 1.68. The smallest absolute Gasteiger partial charge is 0.194 e. The zero-order chi connectivity index (χ0) is 10.8. The maximum absolute atomic E-state index is 13.4. The lowest BCUT2D eigenvalue weighted by molar-refractivity contribution is 0.393. The number of nitrogens with one attached hydrogen (secondary N) is 2. The molecule has 1 aromatic carbocycles. The van der Waals surface area contributed by atoms with Gasteiger partial charge in [-0.05, 0) is 6.07 Å². The monoisotopic (exact) mass is 252 g/mol. The molecule has 0 unspecified atom stereocenters. The van der Waals surface area contributed by atoms with Crippen molar-refractivity contribution in [2.24, 2.45) is 0 Å². The summed E-state index contributed by atoms with van der Waals surface area (Å²) in [5.74, 6) is -3.66. The van der Waals surface area contributed by atoms with Gasteiger partial charge in [-0.15, -0.1) is 12.4 Å². The Morgan fingerprint density at radius 3 is 2.44 bits per heavy atom. The van der Waals surface area contributed by atoms with Gasteiger partial charge in [-0.2, -0.15) is 0 Å². The minimum absolute atomic E-state index is 0. The number of halogens is 4. The van der Waals surface area contributed by atoms with Gasteiger partial charge in [0.15, 0.2) is 17.5 Å². The second-order valence-electron chi connectivity index (χ2n) is 3.48. The fraction of sp³-hybridized carbons (Fsp3) is 0.400. The zero-order valence-electron chi connectivity index (χ0n) is 8.40. The maximum Gasteiger partial charge on any atom is 0.194 e. The normalized spacial score (nSPS) is 20.3. The van der Waals surface area contributed by atoms with Crippen molar-refractivity contribution in [3.05, 3.63) is 35.1 Å². The van der Waals surface area contributed by atoms with Gasteiger partial charge in [-0.25, -0.2) is 13.2 Å². The third kappa shape index (κ3) is 2.48. The molecule has 0 radical (unpaired) electrons. The maximum atomic E-state index is 13.4. The van der Waals surface area contributed by atoms with Crippen molar-refractivity contribution in [3.63, 3.8) is 0 Å². The summed E-state index contributed by atoms with van der Waals surface area (Å²) in [4.78, 5) is 0. The fourth-order valence-corrected chi connectivity index (χ4v) is 1.68. The van der Waals surface area contributed by atoms with Crippen molar-refractivity contribution >= 4 is 12.4 Å². The first-order valence-electron chi connectivity index (χ1n) is 4.77. The Kier molecular flexibility index (Phi) is 4.58. The third-order valence-electron chi connectivity index (χ3n) is 2.48. The van der Waals surface area contributed by atoms with Crippen molar-refractivity contribution in [2.75, 3.05) is 19.6 Å². The number of rotatable bonds is 1. The van der Waals surface area contributed by atoms with E-state index in [4.69, 9.17) is 0 Å². The molecule has 0 spiro atoms. The van der Waals surface area contributed by atoms with E-state index in [1.165, 1.54) is 6.07 Å².